The molecule has 0 heterocycles. The Morgan fingerprint density at radius 2 is 2.27 bits per heavy atom. The van der Waals surface area contributed by atoms with Gasteiger partial charge >= 0.3 is 5.97 Å². The van der Waals surface area contributed by atoms with E-state index in [2.05, 4.69) is 4.99 Å². The summed E-state index contributed by atoms with van der Waals surface area (Å²) in [5, 5.41) is 9.37. The van der Waals surface area contributed by atoms with Gasteiger partial charge in [0.25, 0.3) is 0 Å². The number of para-hydroxylation sites is 1. The SMILES string of the molecule is CCOC(=O)CN=Cc1ccccc1O. The highest BCUT2D eigenvalue weighted by molar-refractivity contribution is 5.85. The minimum atomic E-state index is -0.371. The summed E-state index contributed by atoms with van der Waals surface area (Å²) < 4.78 is 4.69. The number of hydrogen-bond donors (Lipinski definition) is 1. The molecule has 0 radical (unpaired) electrons. The second kappa shape index (κ2) is 5.80. The fraction of sp³-hybridized carbons (Fsp3) is 0.273. The Labute approximate surface area is 88.2 Å². The van der Waals surface area contributed by atoms with Crippen LogP contribution in [0.3, 0.4) is 0 Å². The highest BCUT2D eigenvalue weighted by Gasteiger charge is 1.98. The van der Waals surface area contributed by atoms with Crippen molar-refractivity contribution in [1.82, 2.24) is 0 Å². The Balaban J connectivity index is 2.52. The van der Waals surface area contributed by atoms with Gasteiger partial charge in [-0.15, -0.1) is 0 Å². The number of aromatic hydroxyl groups is 1. The van der Waals surface area contributed by atoms with Crippen molar-refractivity contribution in [2.24, 2.45) is 4.99 Å². The monoisotopic (exact) mass is 207 g/mol. The third-order valence-electron chi connectivity index (χ3n) is 1.69. The van der Waals surface area contributed by atoms with Gasteiger partial charge in [0.05, 0.1) is 6.61 Å². The van der Waals surface area contributed by atoms with Gasteiger partial charge in [-0.25, -0.2) is 0 Å². The second-order valence-corrected chi connectivity index (χ2v) is 2.83. The fourth-order valence-corrected chi connectivity index (χ4v) is 1.02. The Hall–Kier alpha value is -1.84. The predicted molar refractivity (Wildman–Crippen MR) is 57.2 cm³/mol. The van der Waals surface area contributed by atoms with Crippen molar-refractivity contribution in [1.29, 1.82) is 0 Å². The lowest BCUT2D eigenvalue weighted by Crippen LogP contribution is -2.07. The minimum absolute atomic E-state index is 0.0256. The molecule has 0 amide bonds. The zero-order valence-electron chi connectivity index (χ0n) is 8.51. The molecular weight excluding hydrogens is 194 g/mol. The Morgan fingerprint density at radius 3 is 2.93 bits per heavy atom. The number of hydrogen-bond acceptors (Lipinski definition) is 4. The number of aliphatic imine (C=N–C) groups is 1. The third-order valence-corrected chi connectivity index (χ3v) is 1.69. The summed E-state index contributed by atoms with van der Waals surface area (Å²) in [6.45, 7) is 2.07. The van der Waals surface area contributed by atoms with Crippen LogP contribution >= 0.6 is 0 Å². The van der Waals surface area contributed by atoms with Gasteiger partial charge in [0, 0.05) is 11.8 Å². The van der Waals surface area contributed by atoms with Crippen molar-refractivity contribution < 1.29 is 14.6 Å². The highest BCUT2D eigenvalue weighted by atomic mass is 16.5. The van der Waals surface area contributed by atoms with E-state index in [0.717, 1.165) is 0 Å². The fourth-order valence-electron chi connectivity index (χ4n) is 1.02. The van der Waals surface area contributed by atoms with E-state index in [1.807, 2.05) is 0 Å². The first kappa shape index (κ1) is 11.2. The number of carbonyl (C=O) groups is 1. The van der Waals surface area contributed by atoms with Gasteiger partial charge in [-0.05, 0) is 19.1 Å². The molecule has 1 N–H and O–H groups in total. The molecule has 4 heteroatoms. The quantitative estimate of drug-likeness (QED) is 0.599. The van der Waals surface area contributed by atoms with Crippen LogP contribution in [0.5, 0.6) is 5.75 Å². The number of phenols is 1. The van der Waals surface area contributed by atoms with Crippen molar-refractivity contribution in [3.8, 4) is 5.75 Å². The molecule has 4 nitrogen and oxygen atoms in total. The average molecular weight is 207 g/mol. The summed E-state index contributed by atoms with van der Waals surface area (Å²) in [4.78, 5) is 14.8. The Morgan fingerprint density at radius 1 is 1.53 bits per heavy atom. The summed E-state index contributed by atoms with van der Waals surface area (Å²) in [6, 6.07) is 6.78. The normalized spacial score (nSPS) is 10.5. The maximum Gasteiger partial charge on any atom is 0.327 e. The van der Waals surface area contributed by atoms with E-state index in [0.29, 0.717) is 12.2 Å². The molecule has 0 aliphatic rings. The summed E-state index contributed by atoms with van der Waals surface area (Å²) in [5.41, 5.74) is 0.585. The molecule has 0 saturated heterocycles. The summed E-state index contributed by atoms with van der Waals surface area (Å²) in [7, 11) is 0. The van der Waals surface area contributed by atoms with Crippen LogP contribution in [0.2, 0.25) is 0 Å². The largest absolute Gasteiger partial charge is 0.507 e. The molecule has 0 spiro atoms. The lowest BCUT2D eigenvalue weighted by atomic mass is 10.2. The van der Waals surface area contributed by atoms with E-state index in [4.69, 9.17) is 4.74 Å². The standard InChI is InChI=1S/C11H13NO3/c1-2-15-11(14)8-12-7-9-5-3-4-6-10(9)13/h3-7,13H,2,8H2,1H3. The van der Waals surface area contributed by atoms with Crippen LogP contribution in [0.25, 0.3) is 0 Å². The zero-order valence-corrected chi connectivity index (χ0v) is 8.51. The van der Waals surface area contributed by atoms with Gasteiger partial charge < -0.3 is 9.84 Å². The summed E-state index contributed by atoms with van der Waals surface area (Å²) in [5.74, 6) is -0.228. The molecule has 1 rings (SSSR count). The lowest BCUT2D eigenvalue weighted by molar-refractivity contribution is -0.141. The van der Waals surface area contributed by atoms with Crippen molar-refractivity contribution in [3.05, 3.63) is 29.8 Å². The molecule has 0 atom stereocenters. The van der Waals surface area contributed by atoms with Gasteiger partial charge in [0.1, 0.15) is 12.3 Å². The van der Waals surface area contributed by atoms with Gasteiger partial charge in [0.2, 0.25) is 0 Å². The van der Waals surface area contributed by atoms with Gasteiger partial charge in [-0.1, -0.05) is 12.1 Å². The van der Waals surface area contributed by atoms with E-state index in [9.17, 15) is 9.90 Å². The summed E-state index contributed by atoms with van der Waals surface area (Å²) >= 11 is 0. The van der Waals surface area contributed by atoms with E-state index < -0.39 is 0 Å². The van der Waals surface area contributed by atoms with E-state index in [-0.39, 0.29) is 18.3 Å². The van der Waals surface area contributed by atoms with Crippen molar-refractivity contribution in [2.75, 3.05) is 13.2 Å². The van der Waals surface area contributed by atoms with Gasteiger partial charge in [-0.3, -0.25) is 9.79 Å². The average Bonchev–Trinajstić information content (AvgIpc) is 2.21. The molecule has 80 valence electrons. The molecule has 0 bridgehead atoms. The van der Waals surface area contributed by atoms with E-state index in [1.165, 1.54) is 6.21 Å². The molecule has 0 fully saturated rings. The van der Waals surface area contributed by atoms with Crippen LogP contribution in [0, 0.1) is 0 Å². The van der Waals surface area contributed by atoms with Crippen LogP contribution in [0.1, 0.15) is 12.5 Å². The number of ether oxygens (including phenoxy) is 1. The van der Waals surface area contributed by atoms with Crippen LogP contribution in [-0.2, 0) is 9.53 Å². The van der Waals surface area contributed by atoms with Crippen LogP contribution in [-0.4, -0.2) is 30.4 Å². The maximum atomic E-state index is 10.9. The van der Waals surface area contributed by atoms with Crippen molar-refractivity contribution in [3.63, 3.8) is 0 Å². The minimum Gasteiger partial charge on any atom is -0.507 e. The zero-order chi connectivity index (χ0) is 11.1. The highest BCUT2D eigenvalue weighted by Crippen LogP contribution is 2.12. The first-order valence-corrected chi connectivity index (χ1v) is 4.67. The molecule has 0 aromatic heterocycles. The smallest absolute Gasteiger partial charge is 0.327 e. The van der Waals surface area contributed by atoms with E-state index in [1.54, 1.807) is 31.2 Å². The number of carbonyl (C=O) groups excluding carboxylic acids is 1. The first-order valence-electron chi connectivity index (χ1n) is 4.67. The van der Waals surface area contributed by atoms with Crippen LogP contribution < -0.4 is 0 Å². The third kappa shape index (κ3) is 3.81. The number of esters is 1. The first-order chi connectivity index (χ1) is 7.24. The molecule has 0 aliphatic carbocycles. The topological polar surface area (TPSA) is 58.9 Å². The maximum absolute atomic E-state index is 10.9. The number of nitrogens with zero attached hydrogens (tertiary/aromatic N) is 1. The van der Waals surface area contributed by atoms with E-state index >= 15 is 0 Å². The number of rotatable bonds is 4. The van der Waals surface area contributed by atoms with Crippen molar-refractivity contribution >= 4 is 12.2 Å². The molecule has 0 saturated carbocycles. The Bertz CT molecular complexity index is 361. The Kier molecular flexibility index (Phi) is 4.34. The molecule has 15 heavy (non-hydrogen) atoms. The number of phenolic OH excluding ortho intramolecular Hbond substituents is 1. The molecule has 0 aliphatic heterocycles. The molecular formula is C11H13NO3. The molecule has 1 aromatic rings. The predicted octanol–water partition coefficient (Wildman–Crippen LogP) is 1.37. The van der Waals surface area contributed by atoms with Crippen LogP contribution in [0.15, 0.2) is 29.3 Å². The number of benzene rings is 1. The summed E-state index contributed by atoms with van der Waals surface area (Å²) in [6.07, 6.45) is 1.45. The van der Waals surface area contributed by atoms with Gasteiger partial charge in [0.15, 0.2) is 0 Å². The second-order valence-electron chi connectivity index (χ2n) is 2.83. The van der Waals surface area contributed by atoms with Gasteiger partial charge in [-0.2, -0.15) is 0 Å². The lowest BCUT2D eigenvalue weighted by Gasteiger charge is -1.98. The molecule has 1 aromatic carbocycles. The van der Waals surface area contributed by atoms with Crippen molar-refractivity contribution in [2.45, 2.75) is 6.92 Å². The molecule has 0 unspecified atom stereocenters. The van der Waals surface area contributed by atoms with Crippen LogP contribution in [0.4, 0.5) is 0 Å².